The molecule has 0 N–H and O–H groups in total. The van der Waals surface area contributed by atoms with Gasteiger partial charge in [0.25, 0.3) is 0 Å². The molecule has 4 fully saturated rings. The highest BCUT2D eigenvalue weighted by Crippen LogP contribution is 2.42. The van der Waals surface area contributed by atoms with Crippen LogP contribution in [0.25, 0.3) is 11.1 Å². The number of pyridine rings is 2. The van der Waals surface area contributed by atoms with Crippen LogP contribution in [0, 0.1) is 20.8 Å². The molecule has 5 heterocycles. The second kappa shape index (κ2) is 26.4. The van der Waals surface area contributed by atoms with Gasteiger partial charge in [-0.2, -0.15) is 35.9 Å². The molecule has 3 aromatic heterocycles. The van der Waals surface area contributed by atoms with Crippen molar-refractivity contribution in [1.82, 2.24) is 24.9 Å². The summed E-state index contributed by atoms with van der Waals surface area (Å²) in [5, 5.41) is 4.17. The predicted octanol–water partition coefficient (Wildman–Crippen LogP) is 15.0. The Balaban J connectivity index is 0.000000224. The fourth-order valence-corrected chi connectivity index (χ4v) is 12.2. The zero-order valence-corrected chi connectivity index (χ0v) is 48.1. The van der Waals surface area contributed by atoms with E-state index in [1.807, 2.05) is 46.0 Å². The maximum atomic E-state index is 13.6. The van der Waals surface area contributed by atoms with E-state index >= 15 is 0 Å². The number of carbonyl (C=O) groups excluding carboxylic acids is 4. The van der Waals surface area contributed by atoms with Gasteiger partial charge in [-0.25, -0.2) is 19.6 Å². The topological polar surface area (TPSA) is 152 Å². The number of aromatic nitrogens is 3. The lowest BCUT2D eigenvalue weighted by Crippen LogP contribution is -2.39. The minimum absolute atomic E-state index is 0.208. The molecule has 5 aromatic rings. The van der Waals surface area contributed by atoms with Crippen LogP contribution in [0.15, 0.2) is 69.9 Å². The van der Waals surface area contributed by atoms with Gasteiger partial charge in [-0.1, -0.05) is 73.9 Å². The van der Waals surface area contributed by atoms with E-state index in [0.717, 1.165) is 113 Å². The van der Waals surface area contributed by atoms with Crippen LogP contribution in [0.3, 0.4) is 0 Å². The molecule has 2 amide bonds. The number of anilines is 2. The molecule has 80 heavy (non-hydrogen) atoms. The summed E-state index contributed by atoms with van der Waals surface area (Å²) in [5.74, 6) is 2.43. The lowest BCUT2D eigenvalue weighted by atomic mass is 9.93. The number of ether oxygens (including phenoxy) is 2. The first-order valence-corrected chi connectivity index (χ1v) is 28.2. The molecule has 0 spiro atoms. The fourth-order valence-electron chi connectivity index (χ4n) is 11.8. The Morgan fingerprint density at radius 1 is 0.637 bits per heavy atom. The number of nitrogens with zero attached hydrogens (tertiary/aromatic N) is 7. The van der Waals surface area contributed by atoms with Crippen molar-refractivity contribution in [3.8, 4) is 11.1 Å². The molecule has 14 nitrogen and oxygen atoms in total. The van der Waals surface area contributed by atoms with E-state index in [9.17, 15) is 35.9 Å². The first kappa shape index (κ1) is 61.2. The number of carbonyl (C=O) groups is 2. The molecule has 2 aromatic carbocycles. The van der Waals surface area contributed by atoms with Crippen molar-refractivity contribution in [2.45, 2.75) is 188 Å². The van der Waals surface area contributed by atoms with Crippen LogP contribution in [0.1, 0.15) is 167 Å². The van der Waals surface area contributed by atoms with Crippen LogP contribution in [0.2, 0.25) is 0 Å². The third-order valence-corrected chi connectivity index (χ3v) is 16.1. The molecule has 9 rings (SSSR count). The Hall–Kier alpha value is -6.47. The number of amides is 2. The molecule has 0 radical (unpaired) electrons. The van der Waals surface area contributed by atoms with Gasteiger partial charge in [0, 0.05) is 70.7 Å². The second-order valence-corrected chi connectivity index (χ2v) is 22.0. The Labute approximate surface area is 471 Å². The zero-order chi connectivity index (χ0) is 58.2. The number of halogens is 7. The summed E-state index contributed by atoms with van der Waals surface area (Å²) in [5.41, 5.74) is 4.39. The summed E-state index contributed by atoms with van der Waals surface area (Å²) in [6, 6.07) is 11.5. The molecule has 2 aliphatic heterocycles. The average molecular weight is 1180 g/mol. The van der Waals surface area contributed by atoms with Gasteiger partial charge in [-0.15, -0.1) is 0 Å². The van der Waals surface area contributed by atoms with E-state index < -0.39 is 60.0 Å². The van der Waals surface area contributed by atoms with Gasteiger partial charge in [0.15, 0.2) is 0 Å². The van der Waals surface area contributed by atoms with Gasteiger partial charge >= 0.3 is 30.7 Å². The Bertz CT molecular complexity index is 2990. The third kappa shape index (κ3) is 14.2. The van der Waals surface area contributed by atoms with Crippen LogP contribution < -0.4 is 9.80 Å². The Morgan fingerprint density at radius 2 is 1.06 bits per heavy atom. The van der Waals surface area contributed by atoms with Crippen LogP contribution in [0.4, 0.5) is 47.6 Å². The fraction of sp³-hybridized carbons (Fsp3) is 0.525. The minimum Gasteiger partial charge on any atom is -0.439 e. The van der Waals surface area contributed by atoms with Crippen molar-refractivity contribution in [3.05, 3.63) is 121 Å². The maximum absolute atomic E-state index is 13.6. The van der Waals surface area contributed by atoms with E-state index in [1.54, 1.807) is 42.0 Å². The van der Waals surface area contributed by atoms with Crippen molar-refractivity contribution in [2.75, 3.05) is 22.9 Å². The van der Waals surface area contributed by atoms with Gasteiger partial charge in [0.2, 0.25) is 0 Å². The normalized spacial score (nSPS) is 19.8. The van der Waals surface area contributed by atoms with Crippen molar-refractivity contribution in [1.29, 1.82) is 0 Å². The minimum atomic E-state index is -4.49. The van der Waals surface area contributed by atoms with E-state index in [4.69, 9.17) is 33.6 Å². The number of cyclic esters (lactones) is 2. The van der Waals surface area contributed by atoms with Crippen molar-refractivity contribution >= 4 is 45.9 Å². The van der Waals surface area contributed by atoms with Gasteiger partial charge in [0.1, 0.15) is 29.6 Å². The molecule has 0 bridgehead atoms. The van der Waals surface area contributed by atoms with Gasteiger partial charge in [0.05, 0.1) is 42.0 Å². The number of rotatable bonds is 14. The molecule has 2 saturated carbocycles. The van der Waals surface area contributed by atoms with E-state index in [0.29, 0.717) is 40.8 Å². The average Bonchev–Trinajstić information content (AvgIpc) is 4.05. The molecule has 21 heteroatoms. The highest BCUT2D eigenvalue weighted by Gasteiger charge is 2.44. The number of alkyl halides is 6. The second-order valence-electron chi connectivity index (χ2n) is 21.1. The largest absolute Gasteiger partial charge is 0.439 e. The lowest BCUT2D eigenvalue weighted by molar-refractivity contribution is -0.191. The first-order valence-electron chi connectivity index (χ1n) is 27.4. The number of aryl methyl sites for hydroxylation is 4. The predicted molar refractivity (Wildman–Crippen MR) is 291 cm³/mol. The lowest BCUT2D eigenvalue weighted by Gasteiger charge is -2.36. The van der Waals surface area contributed by atoms with E-state index in [-0.39, 0.29) is 19.2 Å². The molecule has 4 aliphatic rings. The molecular formula is C59H70BrF6N7O7. The maximum Gasteiger partial charge on any atom is 0.416 e. The molecular weight excluding hydrogens is 1110 g/mol. The van der Waals surface area contributed by atoms with Crippen LogP contribution in [0.5, 0.6) is 0 Å². The van der Waals surface area contributed by atoms with Crippen molar-refractivity contribution < 1.29 is 59.5 Å². The first-order chi connectivity index (χ1) is 38.0. The molecule has 2 saturated heterocycles. The van der Waals surface area contributed by atoms with E-state index in [2.05, 4.69) is 44.7 Å². The summed E-state index contributed by atoms with van der Waals surface area (Å²) >= 11 is 3.50. The summed E-state index contributed by atoms with van der Waals surface area (Å²) in [7, 11) is 0. The summed E-state index contributed by atoms with van der Waals surface area (Å²) < 4.78 is 98.6. The standard InChI is InChI=1S/C32H39F3N4O3.C26H31BrF3N3O2.CO2/c1-6-27-28(20(4)37-42-27)23-15-24(30(36-17-23)38(7-2)26-11-9-8-10-12-26)18-39-21(5)29(41-31(39)40)22-13-19(3)14-25(16-22)32(33,34)35;1-4-32(22-8-6-5-7-9-22)24-19(13-21(27)14-31-24)15-33-17(3)23(35-25(33)34)18-10-16(2)11-20(12-18)26(28,29)30;2-1-3/h13-17,21,26,29H,6-12,18H2,1-5H3;10-14,17,22-23H,4-9,15H2,1-3H3;/t21-,29-;17-,23-;/m00./s1. The van der Waals surface area contributed by atoms with Gasteiger partial charge in [-0.3, -0.25) is 9.80 Å². The number of benzene rings is 2. The van der Waals surface area contributed by atoms with Crippen LogP contribution in [-0.4, -0.2) is 80.5 Å². The van der Waals surface area contributed by atoms with Gasteiger partial charge < -0.3 is 23.8 Å². The van der Waals surface area contributed by atoms with Crippen molar-refractivity contribution in [3.63, 3.8) is 0 Å². The summed E-state index contributed by atoms with van der Waals surface area (Å²) in [6.45, 7) is 17.0. The highest BCUT2D eigenvalue weighted by atomic mass is 79.9. The zero-order valence-electron chi connectivity index (χ0n) is 46.5. The summed E-state index contributed by atoms with van der Waals surface area (Å²) in [6.07, 6.45) is 4.48. The molecule has 432 valence electrons. The van der Waals surface area contributed by atoms with Crippen LogP contribution >= 0.6 is 15.9 Å². The van der Waals surface area contributed by atoms with Crippen molar-refractivity contribution in [2.24, 2.45) is 0 Å². The molecule has 2 aliphatic carbocycles. The van der Waals surface area contributed by atoms with Crippen LogP contribution in [-0.2, 0) is 50.9 Å². The summed E-state index contributed by atoms with van der Waals surface area (Å²) in [4.78, 5) is 60.0. The monoisotopic (exact) mass is 1180 g/mol. The van der Waals surface area contributed by atoms with Gasteiger partial charge in [-0.05, 0) is 138 Å². The van der Waals surface area contributed by atoms with E-state index in [1.165, 1.54) is 38.5 Å². The Morgan fingerprint density at radius 3 is 1.48 bits per heavy atom. The SMILES string of the molecule is CCN(c1ncc(Br)cc1CN1C(=O)O[C@H](c2cc(C)cc(C(F)(F)F)c2)[C@@H]1C)C1CCCCC1.CCc1onc(C)c1-c1cnc(N(CC)C2CCCCC2)c(CN2C(=O)O[C@H](c3cc(C)cc(C(F)(F)F)c3)[C@@H]2C)c1.O=C=O. The third-order valence-electron chi connectivity index (χ3n) is 15.6. The smallest absolute Gasteiger partial charge is 0.416 e. The number of hydrogen-bond acceptors (Lipinski definition) is 12. The molecule has 4 atom stereocenters. The Kier molecular flexibility index (Phi) is 20.2. The highest BCUT2D eigenvalue weighted by molar-refractivity contribution is 9.10. The molecule has 0 unspecified atom stereocenters. The number of hydrogen-bond donors (Lipinski definition) is 0. The quantitative estimate of drug-likeness (QED) is 0.0973.